The van der Waals surface area contributed by atoms with Crippen molar-refractivity contribution in [3.8, 4) is 0 Å². The lowest BCUT2D eigenvalue weighted by molar-refractivity contribution is 0.616. The molecule has 0 unspecified atom stereocenters. The normalized spacial score (nSPS) is 10.6. The molecule has 0 bridgehead atoms. The van der Waals surface area contributed by atoms with Gasteiger partial charge in [-0.1, -0.05) is 18.2 Å². The van der Waals surface area contributed by atoms with Gasteiger partial charge in [0, 0.05) is 4.75 Å². The van der Waals surface area contributed by atoms with Crippen molar-refractivity contribution >= 4 is 12.6 Å². The molecule has 0 spiro atoms. The van der Waals surface area contributed by atoms with Gasteiger partial charge in [-0.15, -0.1) is 19.7 Å². The van der Waals surface area contributed by atoms with Crippen LogP contribution in [0, 0.1) is 0 Å². The zero-order valence-corrected chi connectivity index (χ0v) is 7.82. The van der Waals surface area contributed by atoms with Crippen molar-refractivity contribution in [1.82, 2.24) is 0 Å². The second kappa shape index (κ2) is 5.25. The molecule has 0 saturated carbocycles. The minimum Gasteiger partial charge on any atom is -0.172 e. The molecule has 0 aromatic rings. The van der Waals surface area contributed by atoms with E-state index in [1.54, 1.807) is 0 Å². The fraction of sp³-hybridized carbons (Fsp3) is 0.400. The Morgan fingerprint density at radius 3 is 1.36 bits per heavy atom. The molecule has 0 aliphatic heterocycles. The number of allylic oxidation sites excluding steroid dienone is 3. The first-order chi connectivity index (χ1) is 5.18. The molecule has 0 rings (SSSR count). The Kier molecular flexibility index (Phi) is 5.05. The molecule has 0 N–H and O–H groups in total. The molecule has 0 aromatic carbocycles. The van der Waals surface area contributed by atoms with Crippen LogP contribution in [0.25, 0.3) is 0 Å². The molecule has 0 atom stereocenters. The highest BCUT2D eigenvalue weighted by Gasteiger charge is 2.19. The highest BCUT2D eigenvalue weighted by molar-refractivity contribution is 7.81. The van der Waals surface area contributed by atoms with Crippen LogP contribution in [-0.4, -0.2) is 4.75 Å². The van der Waals surface area contributed by atoms with E-state index < -0.39 is 0 Å². The first kappa shape index (κ1) is 10.6. The zero-order chi connectivity index (χ0) is 8.74. The van der Waals surface area contributed by atoms with Gasteiger partial charge in [-0.25, -0.2) is 0 Å². The molecular weight excluding hydrogens is 152 g/mol. The van der Waals surface area contributed by atoms with Gasteiger partial charge in [0.05, 0.1) is 0 Å². The lowest BCUT2D eigenvalue weighted by atomic mass is 9.96. The summed E-state index contributed by atoms with van der Waals surface area (Å²) >= 11 is 4.55. The van der Waals surface area contributed by atoms with Crippen LogP contribution < -0.4 is 0 Å². The van der Waals surface area contributed by atoms with Crippen LogP contribution in [0.5, 0.6) is 0 Å². The van der Waals surface area contributed by atoms with Gasteiger partial charge >= 0.3 is 0 Å². The van der Waals surface area contributed by atoms with E-state index in [1.165, 1.54) is 0 Å². The van der Waals surface area contributed by atoms with Gasteiger partial charge < -0.3 is 0 Å². The van der Waals surface area contributed by atoms with E-state index in [0.717, 1.165) is 19.3 Å². The molecule has 0 nitrogen and oxygen atoms in total. The quantitative estimate of drug-likeness (QED) is 0.456. The number of thiol groups is 1. The van der Waals surface area contributed by atoms with Crippen LogP contribution in [0.1, 0.15) is 19.3 Å². The first-order valence-corrected chi connectivity index (χ1v) is 4.18. The van der Waals surface area contributed by atoms with Gasteiger partial charge in [-0.3, -0.25) is 0 Å². The van der Waals surface area contributed by atoms with E-state index >= 15 is 0 Å². The molecule has 0 amide bonds. The average molecular weight is 168 g/mol. The highest BCUT2D eigenvalue weighted by atomic mass is 32.1. The standard InChI is InChI=1S/C10H16S/c1-4-7-10(11,8-5-2)9-6-3/h4-6,11H,1-3,7-9H2. The summed E-state index contributed by atoms with van der Waals surface area (Å²) in [5.74, 6) is 0. The third-order valence-electron chi connectivity index (χ3n) is 1.57. The van der Waals surface area contributed by atoms with Gasteiger partial charge in [0.15, 0.2) is 0 Å². The second-order valence-corrected chi connectivity index (χ2v) is 3.65. The summed E-state index contributed by atoms with van der Waals surface area (Å²) in [6.07, 6.45) is 8.36. The molecule has 0 fully saturated rings. The third kappa shape index (κ3) is 4.10. The summed E-state index contributed by atoms with van der Waals surface area (Å²) in [6, 6.07) is 0. The minimum absolute atomic E-state index is 0.00868. The first-order valence-electron chi connectivity index (χ1n) is 3.73. The average Bonchev–Trinajstić information content (AvgIpc) is 1.88. The van der Waals surface area contributed by atoms with Crippen molar-refractivity contribution < 1.29 is 0 Å². The van der Waals surface area contributed by atoms with Gasteiger partial charge in [0.1, 0.15) is 0 Å². The Labute approximate surface area is 75.1 Å². The Balaban J connectivity index is 4.09. The van der Waals surface area contributed by atoms with E-state index in [9.17, 15) is 0 Å². The zero-order valence-electron chi connectivity index (χ0n) is 6.92. The van der Waals surface area contributed by atoms with Gasteiger partial charge in [-0.05, 0) is 19.3 Å². The SMILES string of the molecule is C=CCC(S)(CC=C)CC=C. The van der Waals surface area contributed by atoms with Crippen LogP contribution in [0.2, 0.25) is 0 Å². The summed E-state index contributed by atoms with van der Waals surface area (Å²) in [5, 5.41) is 0. The molecule has 0 aliphatic carbocycles. The predicted molar refractivity (Wildman–Crippen MR) is 56.2 cm³/mol. The van der Waals surface area contributed by atoms with Gasteiger partial charge in [-0.2, -0.15) is 12.6 Å². The van der Waals surface area contributed by atoms with Crippen LogP contribution >= 0.6 is 12.6 Å². The van der Waals surface area contributed by atoms with E-state index in [1.807, 2.05) is 18.2 Å². The molecule has 0 heterocycles. The Morgan fingerprint density at radius 1 is 0.909 bits per heavy atom. The van der Waals surface area contributed by atoms with Crippen molar-refractivity contribution in [3.05, 3.63) is 38.0 Å². The topological polar surface area (TPSA) is 0 Å². The largest absolute Gasteiger partial charge is 0.172 e. The minimum atomic E-state index is -0.00868. The summed E-state index contributed by atoms with van der Waals surface area (Å²) in [7, 11) is 0. The molecule has 0 radical (unpaired) electrons. The maximum absolute atomic E-state index is 4.55. The van der Waals surface area contributed by atoms with Crippen molar-refractivity contribution in [2.45, 2.75) is 24.0 Å². The summed E-state index contributed by atoms with van der Waals surface area (Å²) in [4.78, 5) is 0. The van der Waals surface area contributed by atoms with E-state index in [-0.39, 0.29) is 4.75 Å². The van der Waals surface area contributed by atoms with Crippen molar-refractivity contribution in [3.63, 3.8) is 0 Å². The second-order valence-electron chi connectivity index (χ2n) is 2.70. The predicted octanol–water partition coefficient (Wildman–Crippen LogP) is 3.38. The Hall–Kier alpha value is -0.430. The highest BCUT2D eigenvalue weighted by Crippen LogP contribution is 2.28. The molecule has 1 heteroatoms. The maximum atomic E-state index is 4.55. The number of hydrogen-bond acceptors (Lipinski definition) is 1. The maximum Gasteiger partial charge on any atom is 0.0232 e. The van der Waals surface area contributed by atoms with Gasteiger partial charge in [0.2, 0.25) is 0 Å². The van der Waals surface area contributed by atoms with E-state index in [2.05, 4.69) is 32.4 Å². The lowest BCUT2D eigenvalue weighted by Gasteiger charge is -2.23. The fourth-order valence-corrected chi connectivity index (χ4v) is 1.44. The number of rotatable bonds is 6. The van der Waals surface area contributed by atoms with Crippen LogP contribution in [0.4, 0.5) is 0 Å². The molecule has 0 aliphatic rings. The monoisotopic (exact) mass is 168 g/mol. The number of hydrogen-bond donors (Lipinski definition) is 1. The summed E-state index contributed by atoms with van der Waals surface area (Å²) in [6.45, 7) is 11.1. The Morgan fingerprint density at radius 2 is 1.18 bits per heavy atom. The van der Waals surface area contributed by atoms with Crippen LogP contribution in [0.15, 0.2) is 38.0 Å². The molecule has 62 valence electrons. The molecular formula is C10H16S. The molecule has 0 aromatic heterocycles. The van der Waals surface area contributed by atoms with E-state index in [4.69, 9.17) is 0 Å². The summed E-state index contributed by atoms with van der Waals surface area (Å²) in [5.41, 5.74) is 0. The van der Waals surface area contributed by atoms with Crippen LogP contribution in [-0.2, 0) is 0 Å². The smallest absolute Gasteiger partial charge is 0.0232 e. The Bertz CT molecular complexity index is 120. The fourth-order valence-electron chi connectivity index (χ4n) is 1.06. The lowest BCUT2D eigenvalue weighted by Crippen LogP contribution is -2.18. The van der Waals surface area contributed by atoms with Crippen LogP contribution in [0.3, 0.4) is 0 Å². The van der Waals surface area contributed by atoms with Crippen molar-refractivity contribution in [2.24, 2.45) is 0 Å². The molecule has 11 heavy (non-hydrogen) atoms. The van der Waals surface area contributed by atoms with Gasteiger partial charge in [0.25, 0.3) is 0 Å². The van der Waals surface area contributed by atoms with Crippen molar-refractivity contribution in [2.75, 3.05) is 0 Å². The summed E-state index contributed by atoms with van der Waals surface area (Å²) < 4.78 is -0.00868. The van der Waals surface area contributed by atoms with Crippen molar-refractivity contribution in [1.29, 1.82) is 0 Å². The van der Waals surface area contributed by atoms with E-state index in [0.29, 0.717) is 0 Å². The third-order valence-corrected chi connectivity index (χ3v) is 2.12. The molecule has 0 saturated heterocycles.